The van der Waals surface area contributed by atoms with E-state index in [0.29, 0.717) is 11.8 Å². The van der Waals surface area contributed by atoms with Crippen molar-refractivity contribution in [1.82, 2.24) is 0 Å². The molecule has 0 nitrogen and oxygen atoms in total. The molecule has 0 spiro atoms. The van der Waals surface area contributed by atoms with Crippen molar-refractivity contribution in [3.63, 3.8) is 0 Å². The molecule has 1 aliphatic rings. The Bertz CT molecular complexity index is 947. The summed E-state index contributed by atoms with van der Waals surface area (Å²) < 4.78 is 0. The lowest BCUT2D eigenvalue weighted by molar-refractivity contribution is 0.613. The topological polar surface area (TPSA) is 0 Å². The summed E-state index contributed by atoms with van der Waals surface area (Å²) in [5.41, 5.74) is 10.2. The van der Waals surface area contributed by atoms with Gasteiger partial charge in [0.05, 0.1) is 0 Å². The molecular weight excluding hydrogens is 312 g/mol. The number of benzene rings is 3. The van der Waals surface area contributed by atoms with Gasteiger partial charge in [0.1, 0.15) is 0 Å². The molecule has 0 radical (unpaired) electrons. The number of fused-ring (bicyclic) bond motifs is 3. The number of rotatable bonds is 3. The van der Waals surface area contributed by atoms with Crippen LogP contribution >= 0.6 is 0 Å². The molecule has 26 heavy (non-hydrogen) atoms. The summed E-state index contributed by atoms with van der Waals surface area (Å²) >= 11 is 0. The van der Waals surface area contributed by atoms with Crippen molar-refractivity contribution in [2.24, 2.45) is 0 Å². The Labute approximate surface area is 157 Å². The summed E-state index contributed by atoms with van der Waals surface area (Å²) in [5, 5.41) is 0. The standard InChI is InChI=1S/C26H28/c1-17-15-23-21-13-9-10-14-24(21)26(4,5)25(23)16-22(17)19(3)18(2)20-11-7-6-8-12-20/h6-16,18-19H,1-5H3. The van der Waals surface area contributed by atoms with E-state index in [-0.39, 0.29) is 5.41 Å². The SMILES string of the molecule is Cc1cc2c(cc1C(C)C(C)c1ccccc1)C(C)(C)c1ccccc1-2. The van der Waals surface area contributed by atoms with Crippen molar-refractivity contribution in [1.29, 1.82) is 0 Å². The van der Waals surface area contributed by atoms with Crippen LogP contribution in [0.25, 0.3) is 11.1 Å². The van der Waals surface area contributed by atoms with Crippen LogP contribution in [0, 0.1) is 6.92 Å². The van der Waals surface area contributed by atoms with Gasteiger partial charge in [-0.15, -0.1) is 0 Å². The van der Waals surface area contributed by atoms with E-state index in [1.54, 1.807) is 0 Å². The third-order valence-electron chi connectivity index (χ3n) is 6.54. The largest absolute Gasteiger partial charge is 0.0622 e. The molecule has 2 unspecified atom stereocenters. The maximum atomic E-state index is 2.49. The first-order valence-electron chi connectivity index (χ1n) is 9.71. The molecule has 3 aromatic rings. The average molecular weight is 341 g/mol. The molecule has 0 saturated carbocycles. The molecule has 0 N–H and O–H groups in total. The lowest BCUT2D eigenvalue weighted by atomic mass is 9.77. The Morgan fingerprint density at radius 2 is 1.35 bits per heavy atom. The summed E-state index contributed by atoms with van der Waals surface area (Å²) in [5.74, 6) is 0.988. The van der Waals surface area contributed by atoms with E-state index in [1.807, 2.05) is 0 Å². The first kappa shape index (κ1) is 17.1. The van der Waals surface area contributed by atoms with Gasteiger partial charge in [-0.3, -0.25) is 0 Å². The lowest BCUT2D eigenvalue weighted by Gasteiger charge is -2.26. The molecule has 0 fully saturated rings. The zero-order valence-corrected chi connectivity index (χ0v) is 16.5. The fourth-order valence-corrected chi connectivity index (χ4v) is 4.68. The maximum Gasteiger partial charge on any atom is 0.0158 e. The highest BCUT2D eigenvalue weighted by Crippen LogP contribution is 2.50. The summed E-state index contributed by atoms with van der Waals surface area (Å²) in [6, 6.07) is 24.7. The van der Waals surface area contributed by atoms with Gasteiger partial charge in [-0.1, -0.05) is 94.4 Å². The minimum atomic E-state index is 0.0735. The van der Waals surface area contributed by atoms with Crippen LogP contribution in [-0.4, -0.2) is 0 Å². The first-order valence-corrected chi connectivity index (χ1v) is 9.71. The van der Waals surface area contributed by atoms with E-state index in [2.05, 4.69) is 101 Å². The second kappa shape index (κ2) is 6.13. The normalized spacial score (nSPS) is 16.7. The third kappa shape index (κ3) is 2.51. The van der Waals surface area contributed by atoms with Crippen LogP contribution in [0.4, 0.5) is 0 Å². The Hall–Kier alpha value is -2.34. The van der Waals surface area contributed by atoms with Crippen molar-refractivity contribution in [2.45, 2.75) is 51.9 Å². The van der Waals surface area contributed by atoms with E-state index < -0.39 is 0 Å². The van der Waals surface area contributed by atoms with Gasteiger partial charge in [-0.25, -0.2) is 0 Å². The molecule has 0 aliphatic heterocycles. The monoisotopic (exact) mass is 340 g/mol. The van der Waals surface area contributed by atoms with E-state index in [4.69, 9.17) is 0 Å². The van der Waals surface area contributed by atoms with E-state index in [9.17, 15) is 0 Å². The van der Waals surface area contributed by atoms with Gasteiger partial charge in [-0.2, -0.15) is 0 Å². The molecule has 0 heterocycles. The molecule has 0 amide bonds. The van der Waals surface area contributed by atoms with Crippen LogP contribution < -0.4 is 0 Å². The molecule has 0 saturated heterocycles. The summed E-state index contributed by atoms with van der Waals surface area (Å²) in [6.45, 7) is 11.7. The quantitative estimate of drug-likeness (QED) is 0.472. The third-order valence-corrected chi connectivity index (χ3v) is 6.54. The zero-order chi connectivity index (χ0) is 18.5. The Morgan fingerprint density at radius 1 is 0.692 bits per heavy atom. The van der Waals surface area contributed by atoms with Gasteiger partial charge >= 0.3 is 0 Å². The Balaban J connectivity index is 1.81. The summed E-state index contributed by atoms with van der Waals surface area (Å²) in [4.78, 5) is 0. The van der Waals surface area contributed by atoms with E-state index in [0.717, 1.165) is 0 Å². The van der Waals surface area contributed by atoms with Crippen molar-refractivity contribution < 1.29 is 0 Å². The van der Waals surface area contributed by atoms with Crippen LogP contribution in [0.1, 0.15) is 67.3 Å². The predicted molar refractivity (Wildman–Crippen MR) is 112 cm³/mol. The van der Waals surface area contributed by atoms with Crippen molar-refractivity contribution in [3.05, 3.63) is 94.5 Å². The molecule has 2 atom stereocenters. The van der Waals surface area contributed by atoms with Gasteiger partial charge in [-0.05, 0) is 57.7 Å². The number of hydrogen-bond donors (Lipinski definition) is 0. The smallest absolute Gasteiger partial charge is 0.0158 e. The lowest BCUT2D eigenvalue weighted by Crippen LogP contribution is -2.16. The van der Waals surface area contributed by atoms with Crippen LogP contribution in [0.5, 0.6) is 0 Å². The minimum Gasteiger partial charge on any atom is -0.0622 e. The number of aryl methyl sites for hydroxylation is 1. The second-order valence-electron chi connectivity index (χ2n) is 8.41. The van der Waals surface area contributed by atoms with Crippen molar-refractivity contribution >= 4 is 0 Å². The van der Waals surface area contributed by atoms with Crippen LogP contribution in [0.15, 0.2) is 66.7 Å². The molecule has 0 bridgehead atoms. The molecule has 3 aromatic carbocycles. The highest BCUT2D eigenvalue weighted by molar-refractivity contribution is 5.81. The highest BCUT2D eigenvalue weighted by Gasteiger charge is 2.36. The van der Waals surface area contributed by atoms with E-state index in [1.165, 1.54) is 38.9 Å². The summed E-state index contributed by atoms with van der Waals surface area (Å²) in [7, 11) is 0. The van der Waals surface area contributed by atoms with Crippen LogP contribution in [0.3, 0.4) is 0 Å². The van der Waals surface area contributed by atoms with Crippen molar-refractivity contribution in [3.8, 4) is 11.1 Å². The summed E-state index contributed by atoms with van der Waals surface area (Å²) in [6.07, 6.45) is 0. The second-order valence-corrected chi connectivity index (χ2v) is 8.41. The van der Waals surface area contributed by atoms with E-state index >= 15 is 0 Å². The fraction of sp³-hybridized carbons (Fsp3) is 0.308. The van der Waals surface area contributed by atoms with Crippen LogP contribution in [0.2, 0.25) is 0 Å². The van der Waals surface area contributed by atoms with Gasteiger partial charge < -0.3 is 0 Å². The Kier molecular flexibility index (Phi) is 4.03. The maximum absolute atomic E-state index is 2.49. The molecule has 4 rings (SSSR count). The molecule has 1 aliphatic carbocycles. The van der Waals surface area contributed by atoms with Gasteiger partial charge in [0.2, 0.25) is 0 Å². The molecule has 0 aromatic heterocycles. The average Bonchev–Trinajstić information content (AvgIpc) is 2.88. The number of hydrogen-bond acceptors (Lipinski definition) is 0. The zero-order valence-electron chi connectivity index (χ0n) is 16.5. The van der Waals surface area contributed by atoms with Gasteiger partial charge in [0.25, 0.3) is 0 Å². The molecular formula is C26H28. The highest BCUT2D eigenvalue weighted by atomic mass is 14.4. The molecule has 132 valence electrons. The molecule has 0 heteroatoms. The predicted octanol–water partition coefficient (Wildman–Crippen LogP) is 7.21. The Morgan fingerprint density at radius 3 is 2.08 bits per heavy atom. The van der Waals surface area contributed by atoms with Gasteiger partial charge in [0, 0.05) is 5.41 Å². The minimum absolute atomic E-state index is 0.0735. The first-order chi connectivity index (χ1) is 12.4. The van der Waals surface area contributed by atoms with Gasteiger partial charge in [0.15, 0.2) is 0 Å². The fourth-order valence-electron chi connectivity index (χ4n) is 4.68. The van der Waals surface area contributed by atoms with Crippen molar-refractivity contribution in [2.75, 3.05) is 0 Å². The van der Waals surface area contributed by atoms with Crippen LogP contribution in [-0.2, 0) is 5.41 Å².